The van der Waals surface area contributed by atoms with Gasteiger partial charge in [-0.2, -0.15) is 0 Å². The molecule has 3 aliphatic rings. The standard InChI is InChI=1S/C31H47N5O4/c32-31(34-24-6-1-2-7-24)35-25(16-18-36-19-17-33-22-36)8-5-9-26(37)21-27(38)14-12-23-13-15-29(39)30(20-23)40-28-10-3-4-11-28/h13,15,17,19-20,24-25,28,33,39H,1-12,14,16,18,21-22H2,(H3,32,34,35)/p+1. The van der Waals surface area contributed by atoms with Crippen molar-refractivity contribution in [3.05, 3.63) is 36.2 Å². The van der Waals surface area contributed by atoms with Crippen molar-refractivity contribution in [2.45, 2.75) is 114 Å². The summed E-state index contributed by atoms with van der Waals surface area (Å²) in [6.45, 7) is 1.85. The molecule has 4 rings (SSSR count). The van der Waals surface area contributed by atoms with Crippen molar-refractivity contribution in [2.75, 3.05) is 13.2 Å². The Bertz CT molecular complexity index is 1030. The number of hydrogen-bond acceptors (Lipinski definition) is 6. The Labute approximate surface area is 238 Å². The lowest BCUT2D eigenvalue weighted by Gasteiger charge is -2.21. The molecule has 9 nitrogen and oxygen atoms in total. The number of nitrogens with two attached hydrogens (primary N) is 1. The second kappa shape index (κ2) is 15.6. The summed E-state index contributed by atoms with van der Waals surface area (Å²) in [4.78, 5) is 31.2. The Hall–Kier alpha value is -3.07. The van der Waals surface area contributed by atoms with Gasteiger partial charge in [-0.3, -0.25) is 19.5 Å². The number of ketones is 2. The zero-order valence-corrected chi connectivity index (χ0v) is 23.8. The molecule has 0 aromatic heterocycles. The van der Waals surface area contributed by atoms with Crippen LogP contribution in [-0.2, 0) is 16.0 Å². The predicted octanol–water partition coefficient (Wildman–Crippen LogP) is 2.87. The summed E-state index contributed by atoms with van der Waals surface area (Å²) in [5.74, 6) is 1.07. The molecule has 2 saturated carbocycles. The van der Waals surface area contributed by atoms with Gasteiger partial charge in [0.05, 0.1) is 31.3 Å². The van der Waals surface area contributed by atoms with Gasteiger partial charge in [-0.25, -0.2) is 0 Å². The number of guanidine groups is 1. The van der Waals surface area contributed by atoms with Crippen molar-refractivity contribution in [2.24, 2.45) is 10.7 Å². The third-order valence-corrected chi connectivity index (χ3v) is 8.29. The van der Waals surface area contributed by atoms with Gasteiger partial charge in [0.1, 0.15) is 17.8 Å². The molecule has 9 heteroatoms. The average molecular weight is 555 g/mol. The molecule has 0 spiro atoms. The number of aromatic hydroxyl groups is 1. The molecular weight excluding hydrogens is 506 g/mol. The van der Waals surface area contributed by atoms with Crippen molar-refractivity contribution in [3.63, 3.8) is 0 Å². The minimum Gasteiger partial charge on any atom is -0.504 e. The number of benzene rings is 1. The van der Waals surface area contributed by atoms with Crippen molar-refractivity contribution in [1.29, 1.82) is 0 Å². The summed E-state index contributed by atoms with van der Waals surface area (Å²) >= 11 is 0. The minimum absolute atomic E-state index is 0.00962. The van der Waals surface area contributed by atoms with Gasteiger partial charge in [0.15, 0.2) is 24.1 Å². The molecule has 2 atom stereocenters. The molecule has 0 amide bonds. The van der Waals surface area contributed by atoms with E-state index in [1.54, 1.807) is 6.07 Å². The maximum Gasteiger partial charge on any atom is 0.189 e. The van der Waals surface area contributed by atoms with Crippen molar-refractivity contribution in [1.82, 2.24) is 10.6 Å². The van der Waals surface area contributed by atoms with Gasteiger partial charge in [-0.05, 0) is 75.5 Å². The second-order valence-corrected chi connectivity index (χ2v) is 11.7. The number of carbonyl (C=O) groups is 2. The van der Waals surface area contributed by atoms with E-state index in [1.165, 1.54) is 17.7 Å². The predicted molar refractivity (Wildman–Crippen MR) is 156 cm³/mol. The van der Waals surface area contributed by atoms with Gasteiger partial charge in [-0.1, -0.05) is 18.9 Å². The molecule has 1 aromatic carbocycles. The Balaban J connectivity index is 1.18. The molecule has 2 fully saturated rings. The number of nitrogens with one attached hydrogen (secondary N) is 3. The number of quaternary nitrogens is 1. The van der Waals surface area contributed by atoms with Crippen LogP contribution in [0.15, 0.2) is 35.6 Å². The lowest BCUT2D eigenvalue weighted by molar-refractivity contribution is -0.843. The van der Waals surface area contributed by atoms with E-state index in [-0.39, 0.29) is 35.9 Å². The number of rotatable bonds is 16. The summed E-state index contributed by atoms with van der Waals surface area (Å²) in [6.07, 6.45) is 16.9. The monoisotopic (exact) mass is 554 g/mol. The normalized spacial score (nSPS) is 20.5. The molecule has 1 aromatic rings. The average Bonchev–Trinajstić information content (AvgIpc) is 3.72. The summed E-state index contributed by atoms with van der Waals surface area (Å²) in [7, 11) is 0. The molecule has 40 heavy (non-hydrogen) atoms. The first-order valence-electron chi connectivity index (χ1n) is 15.3. The van der Waals surface area contributed by atoms with Crippen LogP contribution in [0.5, 0.6) is 11.5 Å². The van der Waals surface area contributed by atoms with Crippen LogP contribution in [0.2, 0.25) is 0 Å². The van der Waals surface area contributed by atoms with Gasteiger partial charge in [0.25, 0.3) is 0 Å². The Morgan fingerprint density at radius 1 is 1.10 bits per heavy atom. The zero-order valence-electron chi connectivity index (χ0n) is 23.8. The van der Waals surface area contributed by atoms with Gasteiger partial charge in [0, 0.05) is 25.3 Å². The highest BCUT2D eigenvalue weighted by Crippen LogP contribution is 2.32. The van der Waals surface area contributed by atoms with Crippen LogP contribution >= 0.6 is 0 Å². The van der Waals surface area contributed by atoms with Crippen LogP contribution in [0.3, 0.4) is 0 Å². The fourth-order valence-electron chi connectivity index (χ4n) is 5.94. The van der Waals surface area contributed by atoms with E-state index in [1.807, 2.05) is 18.3 Å². The molecule has 220 valence electrons. The van der Waals surface area contributed by atoms with E-state index < -0.39 is 0 Å². The Morgan fingerprint density at radius 2 is 1.85 bits per heavy atom. The summed E-state index contributed by atoms with van der Waals surface area (Å²) in [6, 6.07) is 5.74. The quantitative estimate of drug-likeness (QED) is 0.121. The largest absolute Gasteiger partial charge is 0.504 e. The maximum absolute atomic E-state index is 12.6. The lowest BCUT2D eigenvalue weighted by atomic mass is 10.00. The molecule has 0 saturated heterocycles. The number of hydrogen-bond donors (Lipinski definition) is 5. The topological polar surface area (TPSA) is 130 Å². The van der Waals surface area contributed by atoms with Gasteiger partial charge < -0.3 is 26.2 Å². The minimum atomic E-state index is -0.0455. The zero-order chi connectivity index (χ0) is 28.2. The first-order valence-corrected chi connectivity index (χ1v) is 15.3. The summed E-state index contributed by atoms with van der Waals surface area (Å²) in [5, 5.41) is 16.8. The number of Topliss-reactive ketones (excluding diaryl/α,β-unsaturated/α-hetero) is 2. The number of carbonyl (C=O) groups excluding carboxylic acids is 2. The first-order chi connectivity index (χ1) is 19.4. The maximum atomic E-state index is 12.6. The van der Waals surface area contributed by atoms with Crippen molar-refractivity contribution in [3.8, 4) is 11.5 Å². The second-order valence-electron chi connectivity index (χ2n) is 11.7. The summed E-state index contributed by atoms with van der Waals surface area (Å²) < 4.78 is 5.97. The molecular formula is C31H48N5O4+. The lowest BCUT2D eigenvalue weighted by Crippen LogP contribution is -3.07. The summed E-state index contributed by atoms with van der Waals surface area (Å²) in [5.41, 5.74) is 7.18. The first kappa shape index (κ1) is 29.9. The highest BCUT2D eigenvalue weighted by molar-refractivity contribution is 5.99. The molecule has 1 heterocycles. The number of nitrogens with zero attached hydrogens (tertiary/aromatic N) is 1. The number of aryl methyl sites for hydroxylation is 1. The van der Waals surface area contributed by atoms with Gasteiger partial charge in [0.2, 0.25) is 0 Å². The van der Waals surface area contributed by atoms with E-state index in [9.17, 15) is 14.7 Å². The van der Waals surface area contributed by atoms with E-state index in [4.69, 9.17) is 10.5 Å². The van der Waals surface area contributed by atoms with E-state index in [0.29, 0.717) is 43.4 Å². The SMILES string of the molecule is NC(=NC1CCCC1)NC(CCCC(=O)CC(=O)CCc1ccc(O)c(OC2CCCC2)c1)CC[NH+]1C=CNC1. The molecule has 6 N–H and O–H groups in total. The number of phenols is 1. The number of ether oxygens (including phenoxy) is 1. The van der Waals surface area contributed by atoms with E-state index in [2.05, 4.69) is 21.8 Å². The van der Waals surface area contributed by atoms with Crippen molar-refractivity contribution >= 4 is 17.5 Å². The number of phenolic OH excluding ortho intramolecular Hbond substituents is 1. The smallest absolute Gasteiger partial charge is 0.189 e. The molecule has 2 aliphatic carbocycles. The third kappa shape index (κ3) is 10.2. The fraction of sp³-hybridized carbons (Fsp3) is 0.645. The fourth-order valence-corrected chi connectivity index (χ4v) is 5.94. The van der Waals surface area contributed by atoms with Gasteiger partial charge in [-0.15, -0.1) is 0 Å². The Kier molecular flexibility index (Phi) is 11.7. The number of aliphatic imine (C=N–C) groups is 1. The highest BCUT2D eigenvalue weighted by atomic mass is 16.5. The van der Waals surface area contributed by atoms with E-state index in [0.717, 1.165) is 70.1 Å². The van der Waals surface area contributed by atoms with Gasteiger partial charge >= 0.3 is 0 Å². The molecule has 0 radical (unpaired) electrons. The van der Waals surface area contributed by atoms with Crippen LogP contribution in [0.25, 0.3) is 0 Å². The Morgan fingerprint density at radius 3 is 2.60 bits per heavy atom. The molecule has 2 unspecified atom stereocenters. The van der Waals surface area contributed by atoms with Crippen molar-refractivity contribution < 1.29 is 24.3 Å². The molecule has 1 aliphatic heterocycles. The molecule has 0 bridgehead atoms. The van der Waals surface area contributed by atoms with Crippen LogP contribution in [-0.4, -0.2) is 54.0 Å². The third-order valence-electron chi connectivity index (χ3n) is 8.29. The van der Waals surface area contributed by atoms with Crippen LogP contribution in [0, 0.1) is 0 Å². The highest BCUT2D eigenvalue weighted by Gasteiger charge is 2.20. The van der Waals surface area contributed by atoms with E-state index >= 15 is 0 Å². The van der Waals surface area contributed by atoms with Crippen LogP contribution in [0.1, 0.15) is 95.5 Å². The van der Waals surface area contributed by atoms with Crippen LogP contribution < -0.4 is 26.0 Å². The van der Waals surface area contributed by atoms with Crippen LogP contribution in [0.4, 0.5) is 0 Å².